The lowest BCUT2D eigenvalue weighted by molar-refractivity contribution is 0.525. The van der Waals surface area contributed by atoms with E-state index in [4.69, 9.17) is 0 Å². The molecule has 3 heteroatoms. The molecule has 0 aromatic carbocycles. The summed E-state index contributed by atoms with van der Waals surface area (Å²) in [6, 6.07) is 0. The van der Waals surface area contributed by atoms with Crippen LogP contribution in [-0.2, 0) is 0 Å². The van der Waals surface area contributed by atoms with Crippen LogP contribution < -0.4 is 0 Å². The third-order valence-corrected chi connectivity index (χ3v) is 3.69. The number of nitrogens with zero attached hydrogens (tertiary/aromatic N) is 2. The summed E-state index contributed by atoms with van der Waals surface area (Å²) in [5.41, 5.74) is 0. The van der Waals surface area contributed by atoms with Crippen LogP contribution >= 0.6 is 0 Å². The maximum atomic E-state index is 3.96. The zero-order valence-corrected chi connectivity index (χ0v) is 8.60. The van der Waals surface area contributed by atoms with Gasteiger partial charge in [-0.2, -0.15) is 0 Å². The molecule has 0 saturated heterocycles. The molecule has 0 aliphatic rings. The molecule has 0 fully saturated rings. The van der Waals surface area contributed by atoms with Crippen LogP contribution in [0.2, 0.25) is 0 Å². The maximum Gasteiger partial charge on any atom is 0.260 e. The van der Waals surface area contributed by atoms with Gasteiger partial charge >= 0.3 is 0 Å². The summed E-state index contributed by atoms with van der Waals surface area (Å²) in [4.78, 5) is 0. The van der Waals surface area contributed by atoms with Crippen LogP contribution in [0.4, 0.5) is 0 Å². The number of hydrogen-bond donors (Lipinski definition) is 0. The molecule has 0 heterocycles. The maximum absolute atomic E-state index is 3.96. The first kappa shape index (κ1) is 9.88. The molecule has 2 nitrogen and oxygen atoms in total. The van der Waals surface area contributed by atoms with Crippen molar-refractivity contribution in [3.8, 4) is 0 Å². The Morgan fingerprint density at radius 3 is 1.40 bits per heavy atom. The van der Waals surface area contributed by atoms with Gasteiger partial charge in [-0.25, -0.2) is 0 Å². The summed E-state index contributed by atoms with van der Waals surface area (Å²) < 4.78 is 4.49. The van der Waals surface area contributed by atoms with Crippen LogP contribution in [-0.4, -0.2) is 46.4 Å². The van der Waals surface area contributed by atoms with Crippen molar-refractivity contribution in [3.63, 3.8) is 0 Å². The molecule has 0 rings (SSSR count). The van der Waals surface area contributed by atoms with Crippen molar-refractivity contribution in [3.05, 3.63) is 11.8 Å². The highest BCUT2D eigenvalue weighted by atomic mass is 28.3. The van der Waals surface area contributed by atoms with Gasteiger partial charge < -0.3 is 9.13 Å². The summed E-state index contributed by atoms with van der Waals surface area (Å²) in [6.07, 6.45) is 0. The van der Waals surface area contributed by atoms with Crippen LogP contribution in [0.15, 0.2) is 11.8 Å². The van der Waals surface area contributed by atoms with Crippen molar-refractivity contribution in [2.45, 2.75) is 6.92 Å². The average Bonchev–Trinajstić information content (AvgIpc) is 1.59. The molecule has 0 aromatic rings. The fraction of sp³-hybridized carbons (Fsp3) is 0.714. The first-order valence-corrected chi connectivity index (χ1v) is 4.73. The zero-order chi connectivity index (χ0) is 8.31. The van der Waals surface area contributed by atoms with Crippen LogP contribution in [0.3, 0.4) is 0 Å². The minimum atomic E-state index is -0.623. The third kappa shape index (κ3) is 2.64. The molecule has 10 heavy (non-hydrogen) atoms. The van der Waals surface area contributed by atoms with E-state index in [0.717, 1.165) is 0 Å². The quantitative estimate of drug-likeness (QED) is 0.557. The van der Waals surface area contributed by atoms with E-state index in [1.54, 1.807) is 0 Å². The second kappa shape index (κ2) is 3.90. The van der Waals surface area contributed by atoms with E-state index >= 15 is 0 Å². The van der Waals surface area contributed by atoms with Gasteiger partial charge in [0.1, 0.15) is 0 Å². The van der Waals surface area contributed by atoms with Gasteiger partial charge in [0, 0.05) is 0 Å². The monoisotopic (exact) mass is 157 g/mol. The minimum absolute atomic E-state index is 0.623. The Bertz CT molecular complexity index is 113. The van der Waals surface area contributed by atoms with Gasteiger partial charge in [0.25, 0.3) is 9.12 Å². The standard InChI is InChI=1S/C7H17N2Si/c1-7(2)10(8(3)4)9(5)6/h1H2,2-6H3. The number of allylic oxidation sites excluding steroid dienone is 1. The van der Waals surface area contributed by atoms with Gasteiger partial charge in [-0.1, -0.05) is 5.20 Å². The van der Waals surface area contributed by atoms with Crippen LogP contribution in [0.1, 0.15) is 6.92 Å². The van der Waals surface area contributed by atoms with E-state index in [0.29, 0.717) is 0 Å². The highest BCUT2D eigenvalue weighted by Gasteiger charge is 2.18. The van der Waals surface area contributed by atoms with Crippen molar-refractivity contribution in [1.82, 2.24) is 9.13 Å². The fourth-order valence-corrected chi connectivity index (χ4v) is 3.49. The molecule has 59 valence electrons. The lowest BCUT2D eigenvalue weighted by Gasteiger charge is -2.27. The summed E-state index contributed by atoms with van der Waals surface area (Å²) in [7, 11) is 7.78. The normalized spacial score (nSPS) is 11.6. The van der Waals surface area contributed by atoms with Gasteiger partial charge in [-0.3, -0.25) is 0 Å². The summed E-state index contributed by atoms with van der Waals surface area (Å²) >= 11 is 0. The Kier molecular flexibility index (Phi) is 3.86. The fourth-order valence-electron chi connectivity index (χ4n) is 1.16. The minimum Gasteiger partial charge on any atom is -0.314 e. The van der Waals surface area contributed by atoms with Crippen molar-refractivity contribution in [2.24, 2.45) is 0 Å². The van der Waals surface area contributed by atoms with Gasteiger partial charge in [0.15, 0.2) is 0 Å². The topological polar surface area (TPSA) is 6.48 Å². The molecule has 0 N–H and O–H groups in total. The summed E-state index contributed by atoms with van der Waals surface area (Å²) in [6.45, 7) is 6.05. The molecule has 0 spiro atoms. The highest BCUT2D eigenvalue weighted by Crippen LogP contribution is 2.01. The van der Waals surface area contributed by atoms with E-state index in [2.05, 4.69) is 50.8 Å². The van der Waals surface area contributed by atoms with Crippen molar-refractivity contribution in [1.29, 1.82) is 0 Å². The van der Waals surface area contributed by atoms with E-state index in [1.165, 1.54) is 5.20 Å². The first-order valence-electron chi connectivity index (χ1n) is 3.34. The molecule has 0 aliphatic carbocycles. The Morgan fingerprint density at radius 2 is 1.40 bits per heavy atom. The molecular weight excluding hydrogens is 140 g/mol. The van der Waals surface area contributed by atoms with Crippen LogP contribution in [0.25, 0.3) is 0 Å². The molecular formula is C7H17N2Si. The molecule has 0 amide bonds. The van der Waals surface area contributed by atoms with E-state index in [1.807, 2.05) is 0 Å². The Morgan fingerprint density at radius 1 is 1.10 bits per heavy atom. The van der Waals surface area contributed by atoms with Gasteiger partial charge in [0.2, 0.25) is 0 Å². The second-order valence-electron chi connectivity index (χ2n) is 2.89. The van der Waals surface area contributed by atoms with E-state index in [-0.39, 0.29) is 0 Å². The highest BCUT2D eigenvalue weighted by molar-refractivity contribution is 6.60. The Labute approximate surface area is 65.9 Å². The SMILES string of the molecule is C=C(C)[Si](N(C)C)N(C)C. The Balaban J connectivity index is 4.12. The summed E-state index contributed by atoms with van der Waals surface area (Å²) in [5, 5.41) is 1.28. The third-order valence-electron chi connectivity index (χ3n) is 1.23. The predicted molar refractivity (Wildman–Crippen MR) is 47.9 cm³/mol. The summed E-state index contributed by atoms with van der Waals surface area (Å²) in [5.74, 6) is 0. The molecule has 0 unspecified atom stereocenters. The molecule has 1 radical (unpaired) electrons. The van der Waals surface area contributed by atoms with Gasteiger partial charge in [0.05, 0.1) is 0 Å². The average molecular weight is 157 g/mol. The van der Waals surface area contributed by atoms with Crippen LogP contribution in [0, 0.1) is 0 Å². The first-order chi connectivity index (χ1) is 4.46. The van der Waals surface area contributed by atoms with Gasteiger partial charge in [-0.15, -0.1) is 6.58 Å². The van der Waals surface area contributed by atoms with Crippen molar-refractivity contribution in [2.75, 3.05) is 28.2 Å². The zero-order valence-electron chi connectivity index (χ0n) is 7.60. The van der Waals surface area contributed by atoms with Crippen molar-refractivity contribution < 1.29 is 0 Å². The number of hydrogen-bond acceptors (Lipinski definition) is 2. The lowest BCUT2D eigenvalue weighted by Crippen LogP contribution is -2.46. The van der Waals surface area contributed by atoms with Crippen molar-refractivity contribution >= 4 is 9.12 Å². The van der Waals surface area contributed by atoms with Crippen LogP contribution in [0.5, 0.6) is 0 Å². The smallest absolute Gasteiger partial charge is 0.260 e. The largest absolute Gasteiger partial charge is 0.314 e. The molecule has 0 saturated carbocycles. The predicted octanol–water partition coefficient (Wildman–Crippen LogP) is 0.713. The molecule has 0 atom stereocenters. The molecule has 0 bridgehead atoms. The number of rotatable bonds is 3. The molecule has 0 aromatic heterocycles. The van der Waals surface area contributed by atoms with E-state index in [9.17, 15) is 0 Å². The molecule has 0 aliphatic heterocycles. The van der Waals surface area contributed by atoms with E-state index < -0.39 is 9.12 Å². The lowest BCUT2D eigenvalue weighted by atomic mass is 10.8. The second-order valence-corrected chi connectivity index (χ2v) is 6.18. The Hall–Kier alpha value is -0.123. The van der Waals surface area contributed by atoms with Gasteiger partial charge in [-0.05, 0) is 35.1 Å².